The van der Waals surface area contributed by atoms with Crippen molar-refractivity contribution < 1.29 is 19.4 Å². The molecule has 0 saturated heterocycles. The number of hydrogen-bond acceptors (Lipinski definition) is 4. The molecule has 0 fully saturated rings. The Hall–Kier alpha value is -3.35. The van der Waals surface area contributed by atoms with Gasteiger partial charge in [0.05, 0.1) is 12.8 Å². The Morgan fingerprint density at radius 1 is 1.10 bits per heavy atom. The predicted octanol–water partition coefficient (Wildman–Crippen LogP) is 3.57. The molecular weight excluding hydrogens is 404 g/mol. The van der Waals surface area contributed by atoms with Crippen LogP contribution in [0.1, 0.15) is 11.1 Å². The van der Waals surface area contributed by atoms with Crippen molar-refractivity contribution in [2.24, 2.45) is 0 Å². The highest BCUT2D eigenvalue weighted by Gasteiger charge is 2.51. The van der Waals surface area contributed by atoms with Gasteiger partial charge in [-0.3, -0.25) is 14.5 Å². The molecule has 0 unspecified atom stereocenters. The highest BCUT2D eigenvalue weighted by molar-refractivity contribution is 6.30. The molecule has 1 heterocycles. The fourth-order valence-electron chi connectivity index (χ4n) is 3.60. The summed E-state index contributed by atoms with van der Waals surface area (Å²) < 4.78 is 5.11. The number of halogens is 1. The van der Waals surface area contributed by atoms with Gasteiger partial charge in [-0.25, -0.2) is 0 Å². The lowest BCUT2D eigenvalue weighted by Crippen LogP contribution is -2.44. The molecule has 1 aliphatic rings. The van der Waals surface area contributed by atoms with Gasteiger partial charge in [0.25, 0.3) is 5.91 Å². The quantitative estimate of drug-likeness (QED) is 0.658. The third-order valence-corrected chi connectivity index (χ3v) is 5.29. The van der Waals surface area contributed by atoms with Gasteiger partial charge in [0.2, 0.25) is 5.91 Å². The van der Waals surface area contributed by atoms with Crippen LogP contribution in [-0.2, 0) is 15.2 Å². The lowest BCUT2D eigenvalue weighted by Gasteiger charge is -2.23. The van der Waals surface area contributed by atoms with Gasteiger partial charge in [0.15, 0.2) is 5.60 Å². The second kappa shape index (κ2) is 7.82. The summed E-state index contributed by atoms with van der Waals surface area (Å²) in [6.07, 6.45) is 0. The fourth-order valence-corrected chi connectivity index (χ4v) is 3.79. The molecule has 0 spiro atoms. The zero-order valence-electron chi connectivity index (χ0n) is 16.1. The van der Waals surface area contributed by atoms with Crippen molar-refractivity contribution >= 4 is 34.8 Å². The van der Waals surface area contributed by atoms with Crippen LogP contribution in [0, 0.1) is 0 Å². The number of anilines is 2. The molecule has 0 aliphatic carbocycles. The van der Waals surface area contributed by atoms with Crippen molar-refractivity contribution in [2.45, 2.75) is 5.60 Å². The normalized spacial score (nSPS) is 17.6. The SMILES string of the molecule is COc1ccc(NC(=O)CN2C(=O)[C@](O)(c3cccc(Cl)c3)c3ccccc32)cc1. The third kappa shape index (κ3) is 3.40. The van der Waals surface area contributed by atoms with E-state index in [0.717, 1.165) is 0 Å². The summed E-state index contributed by atoms with van der Waals surface area (Å²) in [4.78, 5) is 27.2. The molecule has 30 heavy (non-hydrogen) atoms. The first-order valence-corrected chi connectivity index (χ1v) is 9.65. The molecule has 1 aliphatic heterocycles. The fraction of sp³-hybridized carbons (Fsp3) is 0.130. The van der Waals surface area contributed by atoms with Crippen LogP contribution in [0.15, 0.2) is 72.8 Å². The number of para-hydroxylation sites is 1. The number of carbonyl (C=O) groups excluding carboxylic acids is 2. The van der Waals surface area contributed by atoms with Gasteiger partial charge in [-0.15, -0.1) is 0 Å². The monoisotopic (exact) mass is 422 g/mol. The first-order chi connectivity index (χ1) is 14.4. The number of nitrogens with zero attached hydrogens (tertiary/aromatic N) is 1. The van der Waals surface area contributed by atoms with E-state index in [9.17, 15) is 14.7 Å². The predicted molar refractivity (Wildman–Crippen MR) is 115 cm³/mol. The number of ether oxygens (including phenoxy) is 1. The lowest BCUT2D eigenvalue weighted by molar-refractivity contribution is -0.133. The van der Waals surface area contributed by atoms with Crippen molar-refractivity contribution in [1.29, 1.82) is 0 Å². The minimum absolute atomic E-state index is 0.245. The molecule has 1 atom stereocenters. The summed E-state index contributed by atoms with van der Waals surface area (Å²) >= 11 is 6.08. The van der Waals surface area contributed by atoms with E-state index in [4.69, 9.17) is 16.3 Å². The van der Waals surface area contributed by atoms with E-state index in [-0.39, 0.29) is 6.54 Å². The van der Waals surface area contributed by atoms with Crippen LogP contribution < -0.4 is 15.0 Å². The minimum atomic E-state index is -1.91. The highest BCUT2D eigenvalue weighted by atomic mass is 35.5. The Morgan fingerprint density at radius 3 is 2.53 bits per heavy atom. The molecule has 152 valence electrons. The standard InChI is InChI=1S/C23H19ClN2O4/c1-30-18-11-9-17(10-12-18)25-21(27)14-26-20-8-3-2-7-19(20)23(29,22(26)28)15-5-4-6-16(24)13-15/h2-13,29H,14H2,1H3,(H,25,27)/t23-/m0/s1. The number of methoxy groups -OCH3 is 1. The largest absolute Gasteiger partial charge is 0.497 e. The molecular formula is C23H19ClN2O4. The summed E-state index contributed by atoms with van der Waals surface area (Å²) in [7, 11) is 1.56. The van der Waals surface area contributed by atoms with E-state index in [1.807, 2.05) is 0 Å². The molecule has 0 saturated carbocycles. The molecule has 2 amide bonds. The minimum Gasteiger partial charge on any atom is -0.497 e. The Morgan fingerprint density at radius 2 is 1.83 bits per heavy atom. The Bertz CT molecular complexity index is 1120. The number of benzene rings is 3. The van der Waals surface area contributed by atoms with Crippen molar-refractivity contribution in [3.63, 3.8) is 0 Å². The van der Waals surface area contributed by atoms with E-state index in [2.05, 4.69) is 5.32 Å². The number of amides is 2. The van der Waals surface area contributed by atoms with Gasteiger partial charge in [0.1, 0.15) is 12.3 Å². The first-order valence-electron chi connectivity index (χ1n) is 9.27. The maximum atomic E-state index is 13.3. The number of nitrogens with one attached hydrogen (secondary N) is 1. The summed E-state index contributed by atoms with van der Waals surface area (Å²) in [6, 6.07) is 20.3. The summed E-state index contributed by atoms with van der Waals surface area (Å²) in [6.45, 7) is -0.245. The van der Waals surface area contributed by atoms with Crippen molar-refractivity contribution in [2.75, 3.05) is 23.9 Å². The average molecular weight is 423 g/mol. The molecule has 2 N–H and O–H groups in total. The molecule has 7 heteroatoms. The number of fused-ring (bicyclic) bond motifs is 1. The lowest BCUT2D eigenvalue weighted by atomic mass is 9.87. The third-order valence-electron chi connectivity index (χ3n) is 5.06. The van der Waals surface area contributed by atoms with Crippen LogP contribution in [0.5, 0.6) is 5.75 Å². The molecule has 3 aromatic carbocycles. The maximum absolute atomic E-state index is 13.3. The molecule has 6 nitrogen and oxygen atoms in total. The number of hydrogen-bond donors (Lipinski definition) is 2. The van der Waals surface area contributed by atoms with E-state index in [1.54, 1.807) is 79.9 Å². The second-order valence-electron chi connectivity index (χ2n) is 6.91. The van der Waals surface area contributed by atoms with Gasteiger partial charge in [-0.1, -0.05) is 41.9 Å². The zero-order chi connectivity index (χ0) is 21.3. The van der Waals surface area contributed by atoms with Crippen molar-refractivity contribution in [1.82, 2.24) is 0 Å². The van der Waals surface area contributed by atoms with E-state index in [1.165, 1.54) is 4.90 Å². The summed E-state index contributed by atoms with van der Waals surface area (Å²) in [5.74, 6) is -0.322. The van der Waals surface area contributed by atoms with Crippen LogP contribution in [0.4, 0.5) is 11.4 Å². The van der Waals surface area contributed by atoms with Crippen LogP contribution in [0.2, 0.25) is 5.02 Å². The highest BCUT2D eigenvalue weighted by Crippen LogP contribution is 2.44. The molecule has 3 aromatic rings. The summed E-state index contributed by atoms with van der Waals surface area (Å²) in [5.41, 5.74) is -0.0947. The first kappa shape index (κ1) is 19.9. The average Bonchev–Trinajstić information content (AvgIpc) is 2.97. The van der Waals surface area contributed by atoms with E-state index < -0.39 is 17.4 Å². The Labute approximate surface area is 178 Å². The van der Waals surface area contributed by atoms with Gasteiger partial charge in [-0.2, -0.15) is 0 Å². The Kier molecular flexibility index (Phi) is 5.20. The van der Waals surface area contributed by atoms with Crippen molar-refractivity contribution in [3.05, 3.63) is 88.9 Å². The van der Waals surface area contributed by atoms with Gasteiger partial charge >= 0.3 is 0 Å². The van der Waals surface area contributed by atoms with E-state index >= 15 is 0 Å². The summed E-state index contributed by atoms with van der Waals surface area (Å²) in [5, 5.41) is 14.6. The van der Waals surface area contributed by atoms with Crippen LogP contribution in [0.3, 0.4) is 0 Å². The topological polar surface area (TPSA) is 78.9 Å². The van der Waals surface area contributed by atoms with Gasteiger partial charge in [0, 0.05) is 16.3 Å². The molecule has 0 radical (unpaired) electrons. The van der Waals surface area contributed by atoms with E-state index in [0.29, 0.717) is 33.3 Å². The number of rotatable bonds is 5. The van der Waals surface area contributed by atoms with Gasteiger partial charge in [-0.05, 0) is 48.0 Å². The second-order valence-corrected chi connectivity index (χ2v) is 7.34. The zero-order valence-corrected chi connectivity index (χ0v) is 16.9. The Balaban J connectivity index is 1.62. The number of carbonyl (C=O) groups is 2. The maximum Gasteiger partial charge on any atom is 0.268 e. The van der Waals surface area contributed by atoms with Crippen LogP contribution in [0.25, 0.3) is 0 Å². The molecule has 0 bridgehead atoms. The molecule has 4 rings (SSSR count). The number of aliphatic hydroxyl groups is 1. The van der Waals surface area contributed by atoms with Gasteiger partial charge < -0.3 is 15.2 Å². The smallest absolute Gasteiger partial charge is 0.268 e. The van der Waals surface area contributed by atoms with Crippen molar-refractivity contribution in [3.8, 4) is 5.75 Å². The molecule has 0 aromatic heterocycles. The van der Waals surface area contributed by atoms with Crippen LogP contribution >= 0.6 is 11.6 Å². The van der Waals surface area contributed by atoms with Crippen LogP contribution in [-0.4, -0.2) is 30.6 Å².